The molecule has 0 atom stereocenters. The summed E-state index contributed by atoms with van der Waals surface area (Å²) in [5, 5.41) is 0.989. The Hall–Kier alpha value is -2.08. The molecule has 0 bridgehead atoms. The van der Waals surface area contributed by atoms with Crippen molar-refractivity contribution in [3.8, 4) is 0 Å². The predicted molar refractivity (Wildman–Crippen MR) is 122 cm³/mol. The second-order valence-electron chi connectivity index (χ2n) is 7.66. The van der Waals surface area contributed by atoms with Crippen molar-refractivity contribution in [2.45, 2.75) is 26.3 Å². The number of benzene rings is 2. The minimum atomic E-state index is 0.193. The summed E-state index contributed by atoms with van der Waals surface area (Å²) in [7, 11) is 0. The molecule has 158 valence electrons. The number of hydrogen-bond acceptors (Lipinski definition) is 3. The summed E-state index contributed by atoms with van der Waals surface area (Å²) >= 11 is 12.5. The Morgan fingerprint density at radius 1 is 1.03 bits per heavy atom. The normalized spacial score (nSPS) is 15.1. The Morgan fingerprint density at radius 3 is 2.43 bits per heavy atom. The number of aromatic nitrogens is 2. The second kappa shape index (κ2) is 9.38. The van der Waals surface area contributed by atoms with E-state index < -0.39 is 0 Å². The zero-order valence-electron chi connectivity index (χ0n) is 17.2. The van der Waals surface area contributed by atoms with E-state index in [1.807, 2.05) is 29.2 Å². The molecule has 0 radical (unpaired) electrons. The first-order valence-electron chi connectivity index (χ1n) is 10.4. The van der Waals surface area contributed by atoms with Crippen molar-refractivity contribution in [2.24, 2.45) is 0 Å². The zero-order chi connectivity index (χ0) is 21.1. The molecule has 0 spiro atoms. The number of amides is 1. The summed E-state index contributed by atoms with van der Waals surface area (Å²) in [6, 6.07) is 13.9. The highest BCUT2D eigenvalue weighted by molar-refractivity contribution is 6.42. The molecule has 1 saturated heterocycles. The quantitative estimate of drug-likeness (QED) is 0.562. The monoisotopic (exact) mass is 444 g/mol. The highest BCUT2D eigenvalue weighted by atomic mass is 35.5. The Morgan fingerprint density at radius 2 is 1.73 bits per heavy atom. The fraction of sp³-hybridized carbons (Fsp3) is 0.391. The maximum Gasteiger partial charge on any atom is 0.224 e. The number of piperazine rings is 1. The van der Waals surface area contributed by atoms with E-state index in [-0.39, 0.29) is 5.91 Å². The number of halogens is 2. The van der Waals surface area contributed by atoms with E-state index >= 15 is 0 Å². The molecule has 0 unspecified atom stereocenters. The first-order valence-corrected chi connectivity index (χ1v) is 11.2. The Bertz CT molecular complexity index is 1030. The van der Waals surface area contributed by atoms with Crippen molar-refractivity contribution in [1.29, 1.82) is 0 Å². The molecule has 1 aliphatic rings. The standard InChI is InChI=1S/C23H26Cl2N4O/c1-2-27-10-12-28(13-11-27)23(30)8-9-29-21-16-19(25)18(24)15-20(21)26-22(29)14-17-6-4-3-5-7-17/h3-7,15-16H,2,8-14H2,1H3. The van der Waals surface area contributed by atoms with Crippen molar-refractivity contribution in [3.05, 3.63) is 63.9 Å². The Balaban J connectivity index is 1.56. The summed E-state index contributed by atoms with van der Waals surface area (Å²) in [5.74, 6) is 1.11. The van der Waals surface area contributed by atoms with E-state index in [0.29, 0.717) is 29.4 Å². The van der Waals surface area contributed by atoms with Crippen LogP contribution in [0.2, 0.25) is 10.0 Å². The molecule has 1 fully saturated rings. The van der Waals surface area contributed by atoms with E-state index in [1.54, 1.807) is 6.07 Å². The van der Waals surface area contributed by atoms with Gasteiger partial charge in [-0.05, 0) is 24.2 Å². The molecule has 1 amide bonds. The lowest BCUT2D eigenvalue weighted by atomic mass is 10.1. The summed E-state index contributed by atoms with van der Waals surface area (Å²) in [4.78, 5) is 22.0. The van der Waals surface area contributed by atoms with Crippen LogP contribution < -0.4 is 0 Å². The number of aryl methyl sites for hydroxylation is 1. The van der Waals surface area contributed by atoms with Gasteiger partial charge in [-0.3, -0.25) is 4.79 Å². The van der Waals surface area contributed by atoms with Gasteiger partial charge in [0.15, 0.2) is 0 Å². The van der Waals surface area contributed by atoms with Crippen molar-refractivity contribution < 1.29 is 4.79 Å². The molecular weight excluding hydrogens is 419 g/mol. The molecule has 5 nitrogen and oxygen atoms in total. The van der Waals surface area contributed by atoms with Crippen LogP contribution in [0, 0.1) is 0 Å². The van der Waals surface area contributed by atoms with E-state index in [4.69, 9.17) is 28.2 Å². The fourth-order valence-electron chi connectivity index (χ4n) is 4.01. The summed E-state index contributed by atoms with van der Waals surface area (Å²) < 4.78 is 2.12. The van der Waals surface area contributed by atoms with Gasteiger partial charge in [-0.25, -0.2) is 4.98 Å². The SMILES string of the molecule is CCN1CCN(C(=O)CCn2c(Cc3ccccc3)nc3cc(Cl)c(Cl)cc32)CC1. The van der Waals surface area contributed by atoms with Gasteiger partial charge in [0.25, 0.3) is 0 Å². The highest BCUT2D eigenvalue weighted by Gasteiger charge is 2.21. The van der Waals surface area contributed by atoms with Crippen LogP contribution in [0.5, 0.6) is 0 Å². The fourth-order valence-corrected chi connectivity index (χ4v) is 4.33. The molecule has 0 saturated carbocycles. The number of imidazole rings is 1. The van der Waals surface area contributed by atoms with Gasteiger partial charge in [0, 0.05) is 45.6 Å². The second-order valence-corrected chi connectivity index (χ2v) is 8.48. The van der Waals surface area contributed by atoms with Gasteiger partial charge in [0.1, 0.15) is 5.82 Å². The lowest BCUT2D eigenvalue weighted by molar-refractivity contribution is -0.133. The number of fused-ring (bicyclic) bond motifs is 1. The summed E-state index contributed by atoms with van der Waals surface area (Å²) in [6.07, 6.45) is 1.13. The molecule has 2 heterocycles. The van der Waals surface area contributed by atoms with Crippen LogP contribution in [0.1, 0.15) is 24.7 Å². The third kappa shape index (κ3) is 4.64. The summed E-state index contributed by atoms with van der Waals surface area (Å²) in [5.41, 5.74) is 2.89. The molecule has 2 aromatic carbocycles. The van der Waals surface area contributed by atoms with E-state index in [1.165, 1.54) is 5.56 Å². The zero-order valence-corrected chi connectivity index (χ0v) is 18.7. The minimum absolute atomic E-state index is 0.193. The average Bonchev–Trinajstić information content (AvgIpc) is 3.08. The van der Waals surface area contributed by atoms with Gasteiger partial charge < -0.3 is 14.4 Å². The predicted octanol–water partition coefficient (Wildman–Crippen LogP) is 4.49. The molecule has 1 aliphatic heterocycles. The average molecular weight is 445 g/mol. The van der Waals surface area contributed by atoms with Gasteiger partial charge in [0.05, 0.1) is 21.1 Å². The maximum atomic E-state index is 12.8. The van der Waals surface area contributed by atoms with Crippen molar-refractivity contribution >= 4 is 40.1 Å². The van der Waals surface area contributed by atoms with Crippen LogP contribution in [0.15, 0.2) is 42.5 Å². The first-order chi connectivity index (χ1) is 14.5. The molecule has 0 N–H and O–H groups in total. The van der Waals surface area contributed by atoms with Gasteiger partial charge in [0.2, 0.25) is 5.91 Å². The molecular formula is C23H26Cl2N4O. The topological polar surface area (TPSA) is 41.4 Å². The maximum absolute atomic E-state index is 12.8. The van der Waals surface area contributed by atoms with Crippen LogP contribution in [0.25, 0.3) is 11.0 Å². The van der Waals surface area contributed by atoms with Crippen molar-refractivity contribution in [1.82, 2.24) is 19.4 Å². The highest BCUT2D eigenvalue weighted by Crippen LogP contribution is 2.29. The third-order valence-corrected chi connectivity index (χ3v) is 6.52. The smallest absolute Gasteiger partial charge is 0.224 e. The Kier molecular flexibility index (Phi) is 6.61. The van der Waals surface area contributed by atoms with E-state index in [0.717, 1.165) is 49.6 Å². The lowest BCUT2D eigenvalue weighted by Gasteiger charge is -2.34. The van der Waals surface area contributed by atoms with Crippen LogP contribution >= 0.6 is 23.2 Å². The van der Waals surface area contributed by atoms with Gasteiger partial charge in [-0.15, -0.1) is 0 Å². The number of rotatable bonds is 6. The van der Waals surface area contributed by atoms with Crippen LogP contribution in [0.3, 0.4) is 0 Å². The van der Waals surface area contributed by atoms with Crippen molar-refractivity contribution in [2.75, 3.05) is 32.7 Å². The van der Waals surface area contributed by atoms with Gasteiger partial charge in [-0.2, -0.15) is 0 Å². The van der Waals surface area contributed by atoms with Crippen LogP contribution in [-0.2, 0) is 17.8 Å². The molecule has 30 heavy (non-hydrogen) atoms. The minimum Gasteiger partial charge on any atom is -0.340 e. The first kappa shape index (κ1) is 21.2. The van der Waals surface area contributed by atoms with Gasteiger partial charge in [-0.1, -0.05) is 60.5 Å². The van der Waals surface area contributed by atoms with Crippen LogP contribution in [0.4, 0.5) is 0 Å². The number of carbonyl (C=O) groups is 1. The Labute approximate surface area is 187 Å². The third-order valence-electron chi connectivity index (χ3n) is 5.80. The number of nitrogens with zero attached hydrogens (tertiary/aromatic N) is 4. The summed E-state index contributed by atoms with van der Waals surface area (Å²) in [6.45, 7) is 7.27. The van der Waals surface area contributed by atoms with Crippen LogP contribution in [-0.4, -0.2) is 58.0 Å². The number of hydrogen-bond donors (Lipinski definition) is 0. The molecule has 4 rings (SSSR count). The largest absolute Gasteiger partial charge is 0.340 e. The molecule has 0 aliphatic carbocycles. The number of carbonyl (C=O) groups excluding carboxylic acids is 1. The van der Waals surface area contributed by atoms with Gasteiger partial charge >= 0.3 is 0 Å². The van der Waals surface area contributed by atoms with E-state index in [9.17, 15) is 4.79 Å². The lowest BCUT2D eigenvalue weighted by Crippen LogP contribution is -2.48. The molecule has 1 aromatic heterocycles. The molecule has 3 aromatic rings. The van der Waals surface area contributed by atoms with Crippen molar-refractivity contribution in [3.63, 3.8) is 0 Å². The number of likely N-dealkylation sites (N-methyl/N-ethyl adjacent to an activating group) is 1. The van der Waals surface area contributed by atoms with E-state index in [2.05, 4.69) is 28.5 Å². The molecule has 7 heteroatoms.